The van der Waals surface area contributed by atoms with Crippen molar-refractivity contribution in [2.75, 3.05) is 24.6 Å². The van der Waals surface area contributed by atoms with Crippen molar-refractivity contribution in [1.82, 2.24) is 0 Å². The normalized spacial score (nSPS) is 11.2. The van der Waals surface area contributed by atoms with E-state index in [9.17, 15) is 13.2 Å². The third kappa shape index (κ3) is 3.88. The molecule has 23 heavy (non-hydrogen) atoms. The van der Waals surface area contributed by atoms with Gasteiger partial charge in [-0.25, -0.2) is 13.2 Å². The van der Waals surface area contributed by atoms with Gasteiger partial charge in [-0.3, -0.25) is 4.31 Å². The molecule has 0 spiro atoms. The molecule has 0 radical (unpaired) electrons. The average Bonchev–Trinajstić information content (AvgIpc) is 2.56. The Morgan fingerprint density at radius 3 is 2.22 bits per heavy atom. The van der Waals surface area contributed by atoms with Gasteiger partial charge in [-0.1, -0.05) is 18.2 Å². The van der Waals surface area contributed by atoms with Crippen molar-refractivity contribution in [3.05, 3.63) is 60.2 Å². The molecule has 2 rings (SSSR count). The van der Waals surface area contributed by atoms with E-state index in [0.717, 1.165) is 0 Å². The number of aromatic carboxylic acids is 1. The molecule has 0 amide bonds. The second-order valence-electron chi connectivity index (χ2n) is 4.74. The van der Waals surface area contributed by atoms with Crippen LogP contribution in [0.25, 0.3) is 0 Å². The first-order chi connectivity index (χ1) is 11.0. The van der Waals surface area contributed by atoms with Crippen molar-refractivity contribution in [2.45, 2.75) is 4.90 Å². The van der Waals surface area contributed by atoms with Crippen LogP contribution in [0.5, 0.6) is 0 Å². The van der Waals surface area contributed by atoms with Gasteiger partial charge < -0.3 is 9.84 Å². The second kappa shape index (κ2) is 7.26. The summed E-state index contributed by atoms with van der Waals surface area (Å²) in [6.45, 7) is 0.340. The number of hydrogen-bond acceptors (Lipinski definition) is 4. The number of methoxy groups -OCH3 is 1. The summed E-state index contributed by atoms with van der Waals surface area (Å²) >= 11 is 0. The third-order valence-electron chi connectivity index (χ3n) is 3.23. The number of rotatable bonds is 7. The highest BCUT2D eigenvalue weighted by Crippen LogP contribution is 2.23. The Morgan fingerprint density at radius 2 is 1.70 bits per heavy atom. The van der Waals surface area contributed by atoms with Crippen molar-refractivity contribution in [1.29, 1.82) is 0 Å². The first-order valence-electron chi connectivity index (χ1n) is 6.87. The van der Waals surface area contributed by atoms with Gasteiger partial charge >= 0.3 is 5.97 Å². The maximum atomic E-state index is 12.8. The number of sulfonamides is 1. The fraction of sp³-hybridized carbons (Fsp3) is 0.188. The Bertz CT molecular complexity index is 757. The highest BCUT2D eigenvalue weighted by Gasteiger charge is 2.24. The molecule has 0 aliphatic carbocycles. The summed E-state index contributed by atoms with van der Waals surface area (Å²) in [5.41, 5.74) is 0.480. The van der Waals surface area contributed by atoms with E-state index >= 15 is 0 Å². The smallest absolute Gasteiger partial charge is 0.335 e. The molecule has 0 atom stereocenters. The van der Waals surface area contributed by atoms with Gasteiger partial charge in [0.15, 0.2) is 0 Å². The molecule has 2 aromatic carbocycles. The molecule has 2 aromatic rings. The molecule has 0 heterocycles. The summed E-state index contributed by atoms with van der Waals surface area (Å²) in [7, 11) is -2.27. The van der Waals surface area contributed by atoms with E-state index in [4.69, 9.17) is 9.84 Å². The zero-order valence-electron chi connectivity index (χ0n) is 12.5. The average molecular weight is 335 g/mol. The Hall–Kier alpha value is -2.38. The van der Waals surface area contributed by atoms with Gasteiger partial charge in [0.25, 0.3) is 10.0 Å². The first kappa shape index (κ1) is 17.0. The number of carbonyl (C=O) groups is 1. The standard InChI is InChI=1S/C16H17NO5S/c1-22-12-11-17(14-9-7-13(8-10-14)16(18)19)23(20,21)15-5-3-2-4-6-15/h2-10H,11-12H2,1H3,(H,18,19). The van der Waals surface area contributed by atoms with Gasteiger partial charge in [-0.05, 0) is 36.4 Å². The van der Waals surface area contributed by atoms with E-state index in [0.29, 0.717) is 5.69 Å². The number of nitrogens with zero attached hydrogens (tertiary/aromatic N) is 1. The molecule has 0 saturated heterocycles. The lowest BCUT2D eigenvalue weighted by Gasteiger charge is -2.24. The lowest BCUT2D eigenvalue weighted by atomic mass is 10.2. The molecule has 6 nitrogen and oxygen atoms in total. The van der Waals surface area contributed by atoms with Gasteiger partial charge in [0.2, 0.25) is 0 Å². The van der Waals surface area contributed by atoms with Gasteiger partial charge in [0.05, 0.1) is 29.3 Å². The molecular weight excluding hydrogens is 318 g/mol. The molecule has 122 valence electrons. The summed E-state index contributed by atoms with van der Waals surface area (Å²) in [6.07, 6.45) is 0. The number of carboxylic acids is 1. The van der Waals surface area contributed by atoms with Crippen molar-refractivity contribution < 1.29 is 23.1 Å². The van der Waals surface area contributed by atoms with Crippen molar-refractivity contribution in [3.8, 4) is 0 Å². The fourth-order valence-corrected chi connectivity index (χ4v) is 3.52. The van der Waals surface area contributed by atoms with Gasteiger partial charge in [0.1, 0.15) is 0 Å². The van der Waals surface area contributed by atoms with Crippen LogP contribution in [-0.4, -0.2) is 39.8 Å². The number of carboxylic acid groups (broad SMARTS) is 1. The maximum Gasteiger partial charge on any atom is 0.335 e. The Labute approximate surface area is 135 Å². The molecule has 0 aliphatic rings. The number of benzene rings is 2. The maximum absolute atomic E-state index is 12.8. The van der Waals surface area contributed by atoms with Crippen LogP contribution in [-0.2, 0) is 14.8 Å². The molecule has 0 aliphatic heterocycles. The summed E-state index contributed by atoms with van der Waals surface area (Å²) in [4.78, 5) is 11.1. The Balaban J connectivity index is 2.42. The summed E-state index contributed by atoms with van der Waals surface area (Å²) in [5.74, 6) is -1.06. The molecule has 7 heteroatoms. The summed E-state index contributed by atoms with van der Waals surface area (Å²) in [6, 6.07) is 13.8. The topological polar surface area (TPSA) is 83.9 Å². The van der Waals surface area contributed by atoms with E-state index in [2.05, 4.69) is 0 Å². The van der Waals surface area contributed by atoms with Gasteiger partial charge in [-0.2, -0.15) is 0 Å². The van der Waals surface area contributed by atoms with Crippen LogP contribution in [0.15, 0.2) is 59.5 Å². The minimum absolute atomic E-state index is 0.0950. The number of ether oxygens (including phenoxy) is 1. The van der Waals surface area contributed by atoms with Gasteiger partial charge in [0, 0.05) is 7.11 Å². The van der Waals surface area contributed by atoms with Crippen LogP contribution in [0.1, 0.15) is 10.4 Å². The predicted molar refractivity (Wildman–Crippen MR) is 86.3 cm³/mol. The molecule has 0 unspecified atom stereocenters. The van der Waals surface area contributed by atoms with E-state index in [1.54, 1.807) is 18.2 Å². The van der Waals surface area contributed by atoms with Crippen molar-refractivity contribution in [2.24, 2.45) is 0 Å². The number of hydrogen-bond donors (Lipinski definition) is 1. The molecule has 1 N–H and O–H groups in total. The third-order valence-corrected chi connectivity index (χ3v) is 5.07. The van der Waals surface area contributed by atoms with E-state index in [1.807, 2.05) is 0 Å². The van der Waals surface area contributed by atoms with Crippen LogP contribution in [0.4, 0.5) is 5.69 Å². The van der Waals surface area contributed by atoms with Gasteiger partial charge in [-0.15, -0.1) is 0 Å². The first-order valence-corrected chi connectivity index (χ1v) is 8.31. The van der Waals surface area contributed by atoms with E-state index < -0.39 is 16.0 Å². The van der Waals surface area contributed by atoms with Crippen LogP contribution < -0.4 is 4.31 Å². The zero-order chi connectivity index (χ0) is 16.9. The lowest BCUT2D eigenvalue weighted by Crippen LogP contribution is -2.34. The predicted octanol–water partition coefficient (Wildman–Crippen LogP) is 2.23. The Morgan fingerprint density at radius 1 is 1.09 bits per heavy atom. The Kier molecular flexibility index (Phi) is 5.36. The van der Waals surface area contributed by atoms with E-state index in [1.165, 1.54) is 47.8 Å². The van der Waals surface area contributed by atoms with Crippen LogP contribution >= 0.6 is 0 Å². The van der Waals surface area contributed by atoms with Crippen molar-refractivity contribution in [3.63, 3.8) is 0 Å². The summed E-state index contributed by atoms with van der Waals surface area (Å²) in [5, 5.41) is 8.94. The minimum Gasteiger partial charge on any atom is -0.478 e. The molecule has 0 fully saturated rings. The fourth-order valence-electron chi connectivity index (χ4n) is 2.05. The number of anilines is 1. The summed E-state index contributed by atoms with van der Waals surface area (Å²) < 4.78 is 31.8. The lowest BCUT2D eigenvalue weighted by molar-refractivity contribution is 0.0697. The monoisotopic (exact) mass is 335 g/mol. The van der Waals surface area contributed by atoms with Crippen LogP contribution in [0, 0.1) is 0 Å². The molecule has 0 bridgehead atoms. The highest BCUT2D eigenvalue weighted by molar-refractivity contribution is 7.92. The van der Waals surface area contributed by atoms with E-state index in [-0.39, 0.29) is 23.6 Å². The zero-order valence-corrected chi connectivity index (χ0v) is 13.4. The van der Waals surface area contributed by atoms with Crippen molar-refractivity contribution >= 4 is 21.7 Å². The quantitative estimate of drug-likeness (QED) is 0.839. The second-order valence-corrected chi connectivity index (χ2v) is 6.60. The highest BCUT2D eigenvalue weighted by atomic mass is 32.2. The largest absolute Gasteiger partial charge is 0.478 e. The molecular formula is C16H17NO5S. The van der Waals surface area contributed by atoms with Crippen LogP contribution in [0.3, 0.4) is 0 Å². The molecule has 0 saturated carbocycles. The van der Waals surface area contributed by atoms with Crippen LogP contribution in [0.2, 0.25) is 0 Å². The molecule has 0 aromatic heterocycles. The minimum atomic E-state index is -3.75. The SMILES string of the molecule is COCCN(c1ccc(C(=O)O)cc1)S(=O)(=O)c1ccccc1.